The van der Waals surface area contributed by atoms with Gasteiger partial charge in [0.25, 0.3) is 0 Å². The van der Waals surface area contributed by atoms with Crippen molar-refractivity contribution in [1.29, 1.82) is 0 Å². The number of carbonyl (C=O) groups is 1. The van der Waals surface area contributed by atoms with Crippen molar-refractivity contribution >= 4 is 5.91 Å². The summed E-state index contributed by atoms with van der Waals surface area (Å²) in [5, 5.41) is 2.73. The van der Waals surface area contributed by atoms with Crippen molar-refractivity contribution in [3.05, 3.63) is 72.0 Å². The number of rotatable bonds is 8. The van der Waals surface area contributed by atoms with Gasteiger partial charge in [-0.1, -0.05) is 30.3 Å². The van der Waals surface area contributed by atoms with Crippen molar-refractivity contribution in [2.75, 3.05) is 0 Å². The molecule has 8 heteroatoms. The lowest BCUT2D eigenvalue weighted by molar-refractivity contribution is -0.121. The molecule has 5 nitrogen and oxygen atoms in total. The van der Waals surface area contributed by atoms with E-state index in [4.69, 9.17) is 4.42 Å². The van der Waals surface area contributed by atoms with E-state index < -0.39 is 18.5 Å². The van der Waals surface area contributed by atoms with E-state index in [0.29, 0.717) is 17.0 Å². The molecule has 0 bridgehead atoms. The molecule has 0 fully saturated rings. The molecule has 0 saturated heterocycles. The third kappa shape index (κ3) is 5.37. The molecule has 3 rings (SSSR count). The second kappa shape index (κ2) is 9.27. The minimum Gasteiger partial charge on any atom is -0.441 e. The van der Waals surface area contributed by atoms with Crippen LogP contribution in [0.5, 0.6) is 5.75 Å². The Labute approximate surface area is 165 Å². The van der Waals surface area contributed by atoms with Gasteiger partial charge in [-0.05, 0) is 25.1 Å². The van der Waals surface area contributed by atoms with Gasteiger partial charge in [-0.2, -0.15) is 8.78 Å². The molecule has 1 N–H and O–H groups in total. The van der Waals surface area contributed by atoms with Crippen LogP contribution in [-0.4, -0.2) is 17.5 Å². The van der Waals surface area contributed by atoms with Crippen LogP contribution in [-0.2, 0) is 11.2 Å². The maximum absolute atomic E-state index is 13.8. The zero-order chi connectivity index (χ0) is 20.8. The van der Waals surface area contributed by atoms with Gasteiger partial charge in [0, 0.05) is 18.4 Å². The average Bonchev–Trinajstić information content (AvgIpc) is 3.15. The molecule has 152 valence electrons. The number of oxazole rings is 1. The molecular weight excluding hydrogens is 385 g/mol. The number of hydrogen-bond acceptors (Lipinski definition) is 4. The average molecular weight is 404 g/mol. The third-order valence-electron chi connectivity index (χ3n) is 4.24. The number of alkyl halides is 2. The molecule has 1 atom stereocenters. The maximum atomic E-state index is 13.8. The lowest BCUT2D eigenvalue weighted by Gasteiger charge is -2.18. The molecule has 29 heavy (non-hydrogen) atoms. The van der Waals surface area contributed by atoms with Gasteiger partial charge in [0.2, 0.25) is 5.91 Å². The van der Waals surface area contributed by atoms with Crippen LogP contribution in [0.3, 0.4) is 0 Å². The van der Waals surface area contributed by atoms with Crippen LogP contribution in [0.4, 0.5) is 13.2 Å². The number of nitrogens with one attached hydrogen (secondary N) is 1. The summed E-state index contributed by atoms with van der Waals surface area (Å²) in [6.45, 7) is -1.28. The highest BCUT2D eigenvalue weighted by molar-refractivity contribution is 5.76. The van der Waals surface area contributed by atoms with E-state index in [1.54, 1.807) is 43.3 Å². The zero-order valence-electron chi connectivity index (χ0n) is 15.6. The molecule has 0 aliphatic carbocycles. The number of amides is 1. The van der Waals surface area contributed by atoms with Crippen molar-refractivity contribution in [3.63, 3.8) is 0 Å². The molecule has 1 heterocycles. The number of para-hydroxylation sites is 1. The van der Waals surface area contributed by atoms with Crippen LogP contribution in [0.15, 0.2) is 59.1 Å². The smallest absolute Gasteiger partial charge is 0.387 e. The molecule has 1 amide bonds. The summed E-state index contributed by atoms with van der Waals surface area (Å²) in [5.74, 6) is -0.142. The van der Waals surface area contributed by atoms with Gasteiger partial charge in [0.15, 0.2) is 11.7 Å². The minimum atomic E-state index is -2.95. The van der Waals surface area contributed by atoms with E-state index in [1.165, 1.54) is 18.3 Å². The number of aromatic nitrogens is 1. The summed E-state index contributed by atoms with van der Waals surface area (Å²) >= 11 is 0. The van der Waals surface area contributed by atoms with Crippen molar-refractivity contribution in [2.24, 2.45) is 0 Å². The Bertz CT molecular complexity index is 975. The molecule has 0 spiro atoms. The topological polar surface area (TPSA) is 64.4 Å². The fourth-order valence-electron chi connectivity index (χ4n) is 2.86. The molecule has 3 aromatic rings. The minimum absolute atomic E-state index is 0.0116. The molecule has 0 aliphatic rings. The Hall–Kier alpha value is -3.29. The Morgan fingerprint density at radius 3 is 2.66 bits per heavy atom. The standard InChI is InChI=1S/C21H19F3N2O3/c1-13(14-6-3-5-9-17(14)29-21(23)24)26-19(27)10-11-20-25-12-18(28-20)15-7-2-4-8-16(15)22/h2-9,12-13,21H,10-11H2,1H3,(H,26,27)/t13-/m0/s1. The first kappa shape index (κ1) is 20.4. The predicted molar refractivity (Wildman–Crippen MR) is 99.8 cm³/mol. The lowest BCUT2D eigenvalue weighted by Crippen LogP contribution is -2.27. The highest BCUT2D eigenvalue weighted by Gasteiger charge is 2.17. The van der Waals surface area contributed by atoms with Crippen molar-refractivity contribution in [1.82, 2.24) is 10.3 Å². The zero-order valence-corrected chi connectivity index (χ0v) is 15.6. The van der Waals surface area contributed by atoms with Gasteiger partial charge in [-0.25, -0.2) is 9.37 Å². The molecule has 2 aromatic carbocycles. The number of hydrogen-bond donors (Lipinski definition) is 1. The summed E-state index contributed by atoms with van der Waals surface area (Å²) in [5.41, 5.74) is 0.735. The van der Waals surface area contributed by atoms with Gasteiger partial charge in [0.05, 0.1) is 17.8 Å². The molecule has 0 aliphatic heterocycles. The summed E-state index contributed by atoms with van der Waals surface area (Å²) in [4.78, 5) is 16.3. The van der Waals surface area contributed by atoms with Gasteiger partial charge >= 0.3 is 6.61 Å². The van der Waals surface area contributed by atoms with Crippen LogP contribution in [0.25, 0.3) is 11.3 Å². The van der Waals surface area contributed by atoms with Gasteiger partial charge in [-0.3, -0.25) is 4.79 Å². The van der Waals surface area contributed by atoms with E-state index in [2.05, 4.69) is 15.0 Å². The van der Waals surface area contributed by atoms with E-state index in [9.17, 15) is 18.0 Å². The largest absolute Gasteiger partial charge is 0.441 e. The fraction of sp³-hybridized carbons (Fsp3) is 0.238. The number of ether oxygens (including phenoxy) is 1. The van der Waals surface area contributed by atoms with Crippen LogP contribution in [0.1, 0.15) is 30.8 Å². The second-order valence-corrected chi connectivity index (χ2v) is 6.30. The van der Waals surface area contributed by atoms with E-state index in [0.717, 1.165) is 0 Å². The summed E-state index contributed by atoms with van der Waals surface area (Å²) in [6.07, 6.45) is 1.69. The van der Waals surface area contributed by atoms with Crippen molar-refractivity contribution in [3.8, 4) is 17.1 Å². The first-order valence-electron chi connectivity index (χ1n) is 8.96. The molecular formula is C21H19F3N2O3. The van der Waals surface area contributed by atoms with E-state index >= 15 is 0 Å². The van der Waals surface area contributed by atoms with Crippen molar-refractivity contribution < 1.29 is 27.1 Å². The third-order valence-corrected chi connectivity index (χ3v) is 4.24. The first-order chi connectivity index (χ1) is 13.9. The quantitative estimate of drug-likeness (QED) is 0.581. The van der Waals surface area contributed by atoms with E-state index in [1.807, 2.05) is 0 Å². The van der Waals surface area contributed by atoms with Crippen LogP contribution < -0.4 is 10.1 Å². The summed E-state index contributed by atoms with van der Waals surface area (Å²) in [7, 11) is 0. The fourth-order valence-corrected chi connectivity index (χ4v) is 2.86. The highest BCUT2D eigenvalue weighted by Crippen LogP contribution is 2.27. The highest BCUT2D eigenvalue weighted by atomic mass is 19.3. The van der Waals surface area contributed by atoms with Crippen LogP contribution in [0.2, 0.25) is 0 Å². The van der Waals surface area contributed by atoms with Gasteiger partial charge in [0.1, 0.15) is 11.6 Å². The Balaban J connectivity index is 1.58. The number of benzene rings is 2. The normalized spacial score (nSPS) is 12.0. The molecule has 0 saturated carbocycles. The van der Waals surface area contributed by atoms with Crippen molar-refractivity contribution in [2.45, 2.75) is 32.4 Å². The lowest BCUT2D eigenvalue weighted by atomic mass is 10.1. The number of carbonyl (C=O) groups excluding carboxylic acids is 1. The Morgan fingerprint density at radius 2 is 1.90 bits per heavy atom. The second-order valence-electron chi connectivity index (χ2n) is 6.30. The van der Waals surface area contributed by atoms with E-state index in [-0.39, 0.29) is 30.3 Å². The number of nitrogens with zero attached hydrogens (tertiary/aromatic N) is 1. The molecule has 1 aromatic heterocycles. The van der Waals surface area contributed by atoms with Crippen LogP contribution >= 0.6 is 0 Å². The van der Waals surface area contributed by atoms with Crippen LogP contribution in [0, 0.1) is 5.82 Å². The number of aryl methyl sites for hydroxylation is 1. The summed E-state index contributed by atoms with van der Waals surface area (Å²) < 4.78 is 48.9. The Morgan fingerprint density at radius 1 is 1.17 bits per heavy atom. The van der Waals surface area contributed by atoms with Gasteiger partial charge < -0.3 is 14.5 Å². The molecule has 0 radical (unpaired) electrons. The maximum Gasteiger partial charge on any atom is 0.387 e. The van der Waals surface area contributed by atoms with Gasteiger partial charge in [-0.15, -0.1) is 0 Å². The molecule has 0 unspecified atom stereocenters. The summed E-state index contributed by atoms with van der Waals surface area (Å²) in [6, 6.07) is 11.9. The predicted octanol–water partition coefficient (Wildman–Crippen LogP) is 4.89. The Kier molecular flexibility index (Phi) is 6.54. The first-order valence-corrected chi connectivity index (χ1v) is 8.96. The monoisotopic (exact) mass is 404 g/mol. The SMILES string of the molecule is C[C@H](NC(=O)CCc1ncc(-c2ccccc2F)o1)c1ccccc1OC(F)F. The number of halogens is 3.